The Kier molecular flexibility index (Phi) is 3.27. The molecule has 0 radical (unpaired) electrons. The summed E-state index contributed by atoms with van der Waals surface area (Å²) < 4.78 is 0. The van der Waals surface area contributed by atoms with Gasteiger partial charge in [-0.3, -0.25) is 0 Å². The first-order valence-corrected chi connectivity index (χ1v) is 7.76. The zero-order valence-corrected chi connectivity index (χ0v) is 11.4. The van der Waals surface area contributed by atoms with Crippen molar-refractivity contribution in [3.63, 3.8) is 0 Å². The van der Waals surface area contributed by atoms with Crippen LogP contribution in [0.25, 0.3) is 0 Å². The Morgan fingerprint density at radius 1 is 1.29 bits per heavy atom. The molecule has 0 saturated heterocycles. The van der Waals surface area contributed by atoms with Crippen LogP contribution in [0.2, 0.25) is 5.02 Å². The Hall–Kier alpha value is -0.340. The van der Waals surface area contributed by atoms with E-state index in [1.807, 2.05) is 23.9 Å². The number of halogens is 1. The molecule has 0 aromatic heterocycles. The second kappa shape index (κ2) is 4.74. The summed E-state index contributed by atoms with van der Waals surface area (Å²) in [6.45, 7) is 0. The van der Waals surface area contributed by atoms with Gasteiger partial charge in [0.15, 0.2) is 0 Å². The largest absolute Gasteiger partial charge is 0.398 e. The highest BCUT2D eigenvalue weighted by molar-refractivity contribution is 7.99. The third kappa shape index (κ3) is 2.43. The standard InChI is InChI=1S/C14H18ClNS/c15-13-7-12(3-4-14(13)16)17-8-11-6-9-1-2-10(11)5-9/h3-4,7,9-11H,1-2,5-6,8,16H2. The van der Waals surface area contributed by atoms with Crippen LogP contribution in [0.15, 0.2) is 23.1 Å². The molecular formula is C14H18ClNS. The van der Waals surface area contributed by atoms with Crippen LogP contribution in [-0.4, -0.2) is 5.75 Å². The van der Waals surface area contributed by atoms with Crippen molar-refractivity contribution in [2.75, 3.05) is 11.5 Å². The molecule has 3 heteroatoms. The number of nitrogen functional groups attached to an aromatic ring is 1. The monoisotopic (exact) mass is 267 g/mol. The minimum atomic E-state index is 0.677. The van der Waals surface area contributed by atoms with Crippen LogP contribution in [0.5, 0.6) is 0 Å². The Bertz CT molecular complexity index is 421. The van der Waals surface area contributed by atoms with Crippen molar-refractivity contribution in [2.24, 2.45) is 17.8 Å². The summed E-state index contributed by atoms with van der Waals surface area (Å²) in [5.41, 5.74) is 6.39. The van der Waals surface area contributed by atoms with Gasteiger partial charge in [0.1, 0.15) is 0 Å². The minimum Gasteiger partial charge on any atom is -0.398 e. The molecule has 3 unspecified atom stereocenters. The van der Waals surface area contributed by atoms with E-state index in [2.05, 4.69) is 6.07 Å². The van der Waals surface area contributed by atoms with Crippen molar-refractivity contribution in [3.8, 4) is 0 Å². The van der Waals surface area contributed by atoms with Gasteiger partial charge in [0, 0.05) is 10.6 Å². The van der Waals surface area contributed by atoms with Crippen molar-refractivity contribution in [2.45, 2.75) is 30.6 Å². The molecule has 3 rings (SSSR count). The summed E-state index contributed by atoms with van der Waals surface area (Å²) in [6, 6.07) is 5.99. The fourth-order valence-electron chi connectivity index (χ4n) is 3.38. The smallest absolute Gasteiger partial charge is 0.0646 e. The van der Waals surface area contributed by atoms with Gasteiger partial charge in [-0.25, -0.2) is 0 Å². The maximum Gasteiger partial charge on any atom is 0.0646 e. The topological polar surface area (TPSA) is 26.0 Å². The van der Waals surface area contributed by atoms with Gasteiger partial charge >= 0.3 is 0 Å². The zero-order valence-electron chi connectivity index (χ0n) is 9.86. The molecule has 1 aromatic rings. The lowest BCUT2D eigenvalue weighted by molar-refractivity contribution is 0.365. The van der Waals surface area contributed by atoms with E-state index in [0.717, 1.165) is 17.8 Å². The van der Waals surface area contributed by atoms with E-state index in [0.29, 0.717) is 10.7 Å². The number of rotatable bonds is 3. The van der Waals surface area contributed by atoms with E-state index >= 15 is 0 Å². The highest BCUT2D eigenvalue weighted by atomic mass is 35.5. The van der Waals surface area contributed by atoms with Crippen LogP contribution in [0.3, 0.4) is 0 Å². The van der Waals surface area contributed by atoms with Crippen molar-refractivity contribution in [1.82, 2.24) is 0 Å². The molecule has 2 fully saturated rings. The van der Waals surface area contributed by atoms with Gasteiger partial charge in [-0.2, -0.15) is 0 Å². The van der Waals surface area contributed by atoms with E-state index in [1.165, 1.54) is 36.3 Å². The molecule has 0 spiro atoms. The second-order valence-corrected chi connectivity index (χ2v) is 6.93. The lowest BCUT2D eigenvalue weighted by Gasteiger charge is -2.21. The maximum atomic E-state index is 6.03. The fraction of sp³-hybridized carbons (Fsp3) is 0.571. The first-order valence-electron chi connectivity index (χ1n) is 6.40. The molecule has 0 amide bonds. The summed E-state index contributed by atoms with van der Waals surface area (Å²) in [6.07, 6.45) is 5.91. The van der Waals surface area contributed by atoms with Gasteiger partial charge < -0.3 is 5.73 Å². The van der Waals surface area contributed by atoms with Gasteiger partial charge in [0.25, 0.3) is 0 Å². The van der Waals surface area contributed by atoms with Crippen LogP contribution in [0.1, 0.15) is 25.7 Å². The van der Waals surface area contributed by atoms with E-state index in [4.69, 9.17) is 17.3 Å². The van der Waals surface area contributed by atoms with Gasteiger partial charge in [-0.15, -0.1) is 11.8 Å². The minimum absolute atomic E-state index is 0.677. The highest BCUT2D eigenvalue weighted by Crippen LogP contribution is 2.49. The first-order chi connectivity index (χ1) is 8.22. The lowest BCUT2D eigenvalue weighted by Crippen LogP contribution is -2.12. The molecule has 2 bridgehead atoms. The molecule has 3 atom stereocenters. The zero-order chi connectivity index (χ0) is 11.8. The van der Waals surface area contributed by atoms with Crippen molar-refractivity contribution in [3.05, 3.63) is 23.2 Å². The van der Waals surface area contributed by atoms with Crippen LogP contribution in [-0.2, 0) is 0 Å². The molecular weight excluding hydrogens is 250 g/mol. The third-order valence-electron chi connectivity index (χ3n) is 4.32. The Morgan fingerprint density at radius 2 is 2.18 bits per heavy atom. The molecule has 17 heavy (non-hydrogen) atoms. The number of benzene rings is 1. The van der Waals surface area contributed by atoms with Crippen molar-refractivity contribution >= 4 is 29.1 Å². The number of fused-ring (bicyclic) bond motifs is 2. The Morgan fingerprint density at radius 3 is 2.82 bits per heavy atom. The molecule has 2 aliphatic rings. The predicted octanol–water partition coefficient (Wildman–Crippen LogP) is 4.45. The van der Waals surface area contributed by atoms with E-state index in [9.17, 15) is 0 Å². The lowest BCUT2D eigenvalue weighted by atomic mass is 9.90. The van der Waals surface area contributed by atoms with Crippen LogP contribution in [0, 0.1) is 17.8 Å². The van der Waals surface area contributed by atoms with E-state index < -0.39 is 0 Å². The van der Waals surface area contributed by atoms with Gasteiger partial charge in [0.2, 0.25) is 0 Å². The van der Waals surface area contributed by atoms with Crippen molar-refractivity contribution < 1.29 is 0 Å². The van der Waals surface area contributed by atoms with Gasteiger partial charge in [0.05, 0.1) is 10.7 Å². The summed E-state index contributed by atoms with van der Waals surface area (Å²) >= 11 is 7.97. The molecule has 2 N–H and O–H groups in total. The predicted molar refractivity (Wildman–Crippen MR) is 75.5 cm³/mol. The number of nitrogens with two attached hydrogens (primary N) is 1. The van der Waals surface area contributed by atoms with E-state index in [-0.39, 0.29) is 0 Å². The maximum absolute atomic E-state index is 6.03. The Labute approximate surface area is 112 Å². The molecule has 92 valence electrons. The summed E-state index contributed by atoms with van der Waals surface area (Å²) in [5, 5.41) is 0.683. The Balaban J connectivity index is 1.59. The highest BCUT2D eigenvalue weighted by Gasteiger charge is 2.39. The molecule has 1 aromatic carbocycles. The second-order valence-electron chi connectivity index (χ2n) is 5.43. The fourth-order valence-corrected chi connectivity index (χ4v) is 4.81. The first kappa shape index (κ1) is 11.7. The van der Waals surface area contributed by atoms with Crippen LogP contribution in [0.4, 0.5) is 5.69 Å². The average molecular weight is 268 g/mol. The molecule has 0 heterocycles. The number of hydrogen-bond acceptors (Lipinski definition) is 2. The summed E-state index contributed by atoms with van der Waals surface area (Å²) in [7, 11) is 0. The van der Waals surface area contributed by atoms with E-state index in [1.54, 1.807) is 0 Å². The SMILES string of the molecule is Nc1ccc(SCC2CC3CCC2C3)cc1Cl. The normalized spacial score (nSPS) is 31.0. The molecule has 1 nitrogen and oxygen atoms in total. The number of hydrogen-bond donors (Lipinski definition) is 1. The van der Waals surface area contributed by atoms with Crippen LogP contribution < -0.4 is 5.73 Å². The number of thioether (sulfide) groups is 1. The van der Waals surface area contributed by atoms with Crippen molar-refractivity contribution in [1.29, 1.82) is 0 Å². The number of anilines is 1. The molecule has 2 saturated carbocycles. The third-order valence-corrected chi connectivity index (χ3v) is 5.83. The summed E-state index contributed by atoms with van der Waals surface area (Å²) in [5.74, 6) is 4.24. The molecule has 2 aliphatic carbocycles. The van der Waals surface area contributed by atoms with Crippen LogP contribution >= 0.6 is 23.4 Å². The average Bonchev–Trinajstić information content (AvgIpc) is 2.92. The van der Waals surface area contributed by atoms with Gasteiger partial charge in [-0.1, -0.05) is 18.0 Å². The van der Waals surface area contributed by atoms with Gasteiger partial charge in [-0.05, 0) is 55.2 Å². The quantitative estimate of drug-likeness (QED) is 0.647. The summed E-state index contributed by atoms with van der Waals surface area (Å²) in [4.78, 5) is 1.26. The molecule has 0 aliphatic heterocycles.